The summed E-state index contributed by atoms with van der Waals surface area (Å²) in [5.41, 5.74) is 0. The van der Waals surface area contributed by atoms with Gasteiger partial charge in [0.2, 0.25) is 0 Å². The van der Waals surface area contributed by atoms with Gasteiger partial charge in [-0.05, 0) is 0 Å². The summed E-state index contributed by atoms with van der Waals surface area (Å²) in [6.45, 7) is 3.52. The highest BCUT2D eigenvalue weighted by atomic mass is 79.9. The summed E-state index contributed by atoms with van der Waals surface area (Å²) in [7, 11) is 0. The van der Waals surface area contributed by atoms with Crippen molar-refractivity contribution in [2.75, 3.05) is 13.2 Å². The summed E-state index contributed by atoms with van der Waals surface area (Å²) in [6, 6.07) is 0. The summed E-state index contributed by atoms with van der Waals surface area (Å²) < 4.78 is 11.1. The molecule has 0 aromatic carbocycles. The summed E-state index contributed by atoms with van der Waals surface area (Å²) in [6.07, 6.45) is 1.99. The summed E-state index contributed by atoms with van der Waals surface area (Å²) in [5, 5.41) is 0. The third kappa shape index (κ3) is 2.17. The molecule has 11 heavy (non-hydrogen) atoms. The molecule has 1 saturated heterocycles. The van der Waals surface area contributed by atoms with Crippen molar-refractivity contribution in [2.24, 2.45) is 0 Å². The first-order chi connectivity index (χ1) is 5.21. The van der Waals surface area contributed by atoms with Gasteiger partial charge in [-0.2, -0.15) is 0 Å². The van der Waals surface area contributed by atoms with Gasteiger partial charge in [0.05, 0.1) is 13.2 Å². The Bertz CT molecular complexity index is 122. The highest BCUT2D eigenvalue weighted by Gasteiger charge is 2.41. The second-order valence-electron chi connectivity index (χ2n) is 2.56. The first-order valence-electron chi connectivity index (χ1n) is 3.77. The van der Waals surface area contributed by atoms with Crippen LogP contribution < -0.4 is 0 Å². The standard InChI is InChI=1S/C7H12Br2O2/c1-2-3-7(6(8)9)10-4-5-11-7/h6H,2-5H2,1H3. The first kappa shape index (κ1) is 9.96. The van der Waals surface area contributed by atoms with E-state index in [-0.39, 0.29) is 3.74 Å². The van der Waals surface area contributed by atoms with E-state index in [1.165, 1.54) is 0 Å². The van der Waals surface area contributed by atoms with Crippen molar-refractivity contribution in [3.8, 4) is 0 Å². The Morgan fingerprint density at radius 1 is 1.36 bits per heavy atom. The molecule has 0 amide bonds. The van der Waals surface area contributed by atoms with Crippen molar-refractivity contribution in [2.45, 2.75) is 29.3 Å². The van der Waals surface area contributed by atoms with E-state index in [0.29, 0.717) is 13.2 Å². The largest absolute Gasteiger partial charge is 0.346 e. The third-order valence-electron chi connectivity index (χ3n) is 1.71. The minimum Gasteiger partial charge on any atom is -0.346 e. The van der Waals surface area contributed by atoms with Gasteiger partial charge >= 0.3 is 0 Å². The lowest BCUT2D eigenvalue weighted by Crippen LogP contribution is -2.36. The highest BCUT2D eigenvalue weighted by molar-refractivity contribution is 9.24. The van der Waals surface area contributed by atoms with Crippen LogP contribution in [0.25, 0.3) is 0 Å². The molecule has 1 fully saturated rings. The van der Waals surface area contributed by atoms with Crippen molar-refractivity contribution in [3.05, 3.63) is 0 Å². The fourth-order valence-electron chi connectivity index (χ4n) is 1.20. The van der Waals surface area contributed by atoms with Gasteiger partial charge in [0.25, 0.3) is 0 Å². The Morgan fingerprint density at radius 2 is 1.91 bits per heavy atom. The number of ether oxygens (including phenoxy) is 2. The molecule has 0 radical (unpaired) electrons. The van der Waals surface area contributed by atoms with E-state index in [1.54, 1.807) is 0 Å². The van der Waals surface area contributed by atoms with Gasteiger partial charge in [-0.3, -0.25) is 0 Å². The number of hydrogen-bond donors (Lipinski definition) is 0. The molecule has 1 aliphatic rings. The third-order valence-corrected chi connectivity index (χ3v) is 3.10. The normalized spacial score (nSPS) is 22.9. The lowest BCUT2D eigenvalue weighted by molar-refractivity contribution is -0.146. The van der Waals surface area contributed by atoms with Crippen molar-refractivity contribution in [1.82, 2.24) is 0 Å². The number of halogens is 2. The fraction of sp³-hybridized carbons (Fsp3) is 1.00. The maximum absolute atomic E-state index is 5.53. The highest BCUT2D eigenvalue weighted by Crippen LogP contribution is 2.36. The first-order valence-corrected chi connectivity index (χ1v) is 5.60. The van der Waals surface area contributed by atoms with E-state index >= 15 is 0 Å². The topological polar surface area (TPSA) is 18.5 Å². The SMILES string of the molecule is CCCC1(C(Br)Br)OCCO1. The fourth-order valence-corrected chi connectivity index (χ4v) is 2.18. The van der Waals surface area contributed by atoms with Crippen LogP contribution in [0.3, 0.4) is 0 Å². The van der Waals surface area contributed by atoms with Crippen LogP contribution in [0.2, 0.25) is 0 Å². The molecule has 1 rings (SSSR count). The summed E-state index contributed by atoms with van der Waals surface area (Å²) in [4.78, 5) is 0. The molecule has 0 bridgehead atoms. The van der Waals surface area contributed by atoms with E-state index < -0.39 is 5.79 Å². The molecule has 1 heterocycles. The van der Waals surface area contributed by atoms with Crippen LogP contribution in [-0.2, 0) is 9.47 Å². The maximum Gasteiger partial charge on any atom is 0.190 e. The minimum absolute atomic E-state index is 0.0879. The summed E-state index contributed by atoms with van der Waals surface area (Å²) >= 11 is 6.85. The molecule has 0 aromatic rings. The second kappa shape index (κ2) is 4.21. The molecule has 0 saturated carbocycles. The zero-order valence-corrected chi connectivity index (χ0v) is 9.65. The van der Waals surface area contributed by atoms with Crippen LogP contribution >= 0.6 is 31.9 Å². The molecule has 0 atom stereocenters. The molecule has 0 aliphatic carbocycles. The van der Waals surface area contributed by atoms with Gasteiger partial charge in [0.1, 0.15) is 3.74 Å². The van der Waals surface area contributed by atoms with Crippen molar-refractivity contribution >= 4 is 31.9 Å². The zero-order chi connectivity index (χ0) is 8.32. The van der Waals surface area contributed by atoms with Gasteiger partial charge in [-0.25, -0.2) is 0 Å². The van der Waals surface area contributed by atoms with Crippen LogP contribution in [-0.4, -0.2) is 22.7 Å². The number of alkyl halides is 2. The lowest BCUT2D eigenvalue weighted by atomic mass is 10.2. The predicted molar refractivity (Wildman–Crippen MR) is 51.2 cm³/mol. The van der Waals surface area contributed by atoms with Gasteiger partial charge in [0.15, 0.2) is 5.79 Å². The molecule has 0 unspecified atom stereocenters. The van der Waals surface area contributed by atoms with E-state index in [4.69, 9.17) is 9.47 Å². The predicted octanol–water partition coefficient (Wildman–Crippen LogP) is 2.65. The van der Waals surface area contributed by atoms with Crippen LogP contribution in [0, 0.1) is 0 Å². The van der Waals surface area contributed by atoms with Crippen LogP contribution in [0.15, 0.2) is 0 Å². The Kier molecular flexibility index (Phi) is 3.81. The monoisotopic (exact) mass is 286 g/mol. The van der Waals surface area contributed by atoms with E-state index in [0.717, 1.165) is 12.8 Å². The van der Waals surface area contributed by atoms with E-state index in [1.807, 2.05) is 0 Å². The lowest BCUT2D eigenvalue weighted by Gasteiger charge is -2.28. The Balaban J connectivity index is 2.55. The van der Waals surface area contributed by atoms with Gasteiger partial charge in [0, 0.05) is 6.42 Å². The zero-order valence-electron chi connectivity index (χ0n) is 6.48. The minimum atomic E-state index is -0.422. The number of hydrogen-bond acceptors (Lipinski definition) is 2. The smallest absolute Gasteiger partial charge is 0.190 e. The molecule has 0 spiro atoms. The van der Waals surface area contributed by atoms with Crippen LogP contribution in [0.4, 0.5) is 0 Å². The van der Waals surface area contributed by atoms with E-state index in [9.17, 15) is 0 Å². The van der Waals surface area contributed by atoms with Crippen LogP contribution in [0.1, 0.15) is 19.8 Å². The Hall–Kier alpha value is 0.880. The second-order valence-corrected chi connectivity index (χ2v) is 5.62. The molecule has 1 aliphatic heterocycles. The van der Waals surface area contributed by atoms with Crippen molar-refractivity contribution in [1.29, 1.82) is 0 Å². The molecular formula is C7H12Br2O2. The Morgan fingerprint density at radius 3 is 2.27 bits per heavy atom. The molecule has 4 heteroatoms. The average Bonchev–Trinajstić information content (AvgIpc) is 2.38. The number of rotatable bonds is 3. The van der Waals surface area contributed by atoms with Gasteiger partial charge in [-0.1, -0.05) is 45.2 Å². The molecular weight excluding hydrogens is 276 g/mol. The van der Waals surface area contributed by atoms with Crippen molar-refractivity contribution in [3.63, 3.8) is 0 Å². The van der Waals surface area contributed by atoms with E-state index in [2.05, 4.69) is 38.8 Å². The Labute approximate surface area is 83.9 Å². The molecule has 0 aromatic heterocycles. The maximum atomic E-state index is 5.53. The quantitative estimate of drug-likeness (QED) is 0.743. The van der Waals surface area contributed by atoms with Gasteiger partial charge in [-0.15, -0.1) is 0 Å². The summed E-state index contributed by atoms with van der Waals surface area (Å²) in [5.74, 6) is -0.422. The molecule has 66 valence electrons. The molecule has 0 N–H and O–H groups in total. The van der Waals surface area contributed by atoms with Crippen molar-refractivity contribution < 1.29 is 9.47 Å². The molecule has 2 nitrogen and oxygen atoms in total. The van der Waals surface area contributed by atoms with Crippen LogP contribution in [0.5, 0.6) is 0 Å². The van der Waals surface area contributed by atoms with Gasteiger partial charge < -0.3 is 9.47 Å². The average molecular weight is 288 g/mol.